The number of para-hydroxylation sites is 2. The van der Waals surface area contributed by atoms with E-state index in [-0.39, 0.29) is 0 Å². The molecule has 5 rings (SSSR count). The number of hydrogen-bond acceptors (Lipinski definition) is 3. The van der Waals surface area contributed by atoms with Gasteiger partial charge in [-0.15, -0.1) is 0 Å². The normalized spacial score (nSPS) is 11.3. The summed E-state index contributed by atoms with van der Waals surface area (Å²) in [6.07, 6.45) is 3.95. The van der Waals surface area contributed by atoms with Crippen LogP contribution in [0.3, 0.4) is 0 Å². The topological polar surface area (TPSA) is 53.1 Å². The zero-order valence-corrected chi connectivity index (χ0v) is 18.2. The Balaban J connectivity index is 1.64. The van der Waals surface area contributed by atoms with Gasteiger partial charge in [0.1, 0.15) is 17.9 Å². The maximum Gasteiger partial charge on any atom is 0.142 e. The largest absolute Gasteiger partial charge is 0.485 e. The Hall–Kier alpha value is -4.31. The molecule has 162 valence electrons. The van der Waals surface area contributed by atoms with Crippen LogP contribution in [0.1, 0.15) is 22.4 Å². The molecule has 0 aliphatic carbocycles. The van der Waals surface area contributed by atoms with Gasteiger partial charge in [-0.25, -0.2) is 4.98 Å². The van der Waals surface area contributed by atoms with E-state index in [1.807, 2.05) is 48.8 Å². The number of nitrogens with two attached hydrogens (primary N) is 1. The molecule has 4 nitrogen and oxygen atoms in total. The summed E-state index contributed by atoms with van der Waals surface area (Å²) in [5, 5.41) is 0. The number of ether oxygens (including phenoxy) is 1. The number of rotatable bonds is 7. The second-order valence-corrected chi connectivity index (χ2v) is 7.91. The monoisotopic (exact) mass is 431 g/mol. The fourth-order valence-corrected chi connectivity index (χ4v) is 4.37. The molecule has 1 heterocycles. The molecule has 0 spiro atoms. The van der Waals surface area contributed by atoms with Crippen LogP contribution in [-0.2, 0) is 12.1 Å². The number of benzene rings is 4. The van der Waals surface area contributed by atoms with Crippen molar-refractivity contribution in [1.29, 1.82) is 0 Å². The van der Waals surface area contributed by atoms with E-state index in [2.05, 4.69) is 83.6 Å². The Bertz CT molecular complexity index is 1220. The zero-order chi connectivity index (χ0) is 22.5. The van der Waals surface area contributed by atoms with Crippen molar-refractivity contribution in [2.75, 3.05) is 5.73 Å². The lowest BCUT2D eigenvalue weighted by Gasteiger charge is -2.37. The first-order chi connectivity index (χ1) is 16.3. The highest BCUT2D eigenvalue weighted by Gasteiger charge is 2.38. The van der Waals surface area contributed by atoms with Crippen molar-refractivity contribution in [2.45, 2.75) is 12.1 Å². The molecule has 0 radical (unpaired) electrons. The fraction of sp³-hybridized carbons (Fsp3) is 0.0690. The predicted octanol–water partition coefficient (Wildman–Crippen LogP) is 5.88. The van der Waals surface area contributed by atoms with Crippen molar-refractivity contribution in [1.82, 2.24) is 9.55 Å². The molecule has 0 saturated heterocycles. The smallest absolute Gasteiger partial charge is 0.142 e. The first-order valence-electron chi connectivity index (χ1n) is 11.0. The van der Waals surface area contributed by atoms with Crippen molar-refractivity contribution < 1.29 is 4.74 Å². The third-order valence-corrected chi connectivity index (χ3v) is 5.89. The van der Waals surface area contributed by atoms with E-state index in [4.69, 9.17) is 15.5 Å². The fourth-order valence-electron chi connectivity index (χ4n) is 4.37. The van der Waals surface area contributed by atoms with Crippen LogP contribution < -0.4 is 10.5 Å². The average molecular weight is 432 g/mol. The molecule has 0 fully saturated rings. The maximum absolute atomic E-state index is 6.04. The van der Waals surface area contributed by atoms with E-state index in [1.54, 1.807) is 0 Å². The molecular formula is C29H25N3O. The minimum absolute atomic E-state index is 0.329. The summed E-state index contributed by atoms with van der Waals surface area (Å²) in [7, 11) is 0. The molecule has 0 bridgehead atoms. The summed E-state index contributed by atoms with van der Waals surface area (Å²) in [5.74, 6) is 0.660. The predicted molar refractivity (Wildman–Crippen MR) is 132 cm³/mol. The van der Waals surface area contributed by atoms with E-state index in [9.17, 15) is 0 Å². The van der Waals surface area contributed by atoms with Crippen LogP contribution in [0.25, 0.3) is 0 Å². The average Bonchev–Trinajstić information content (AvgIpc) is 3.35. The summed E-state index contributed by atoms with van der Waals surface area (Å²) in [6, 6.07) is 39.1. The van der Waals surface area contributed by atoms with Gasteiger partial charge in [-0.1, -0.05) is 103 Å². The van der Waals surface area contributed by atoms with Crippen LogP contribution in [-0.4, -0.2) is 9.55 Å². The molecule has 0 amide bonds. The number of hydrogen-bond donors (Lipinski definition) is 1. The Morgan fingerprint density at radius 2 is 1.15 bits per heavy atom. The van der Waals surface area contributed by atoms with E-state index < -0.39 is 5.54 Å². The first kappa shape index (κ1) is 20.6. The minimum atomic E-state index is -0.583. The van der Waals surface area contributed by atoms with Gasteiger partial charge in [0.2, 0.25) is 0 Å². The number of aromatic nitrogens is 2. The molecule has 0 aliphatic rings. The zero-order valence-electron chi connectivity index (χ0n) is 18.2. The van der Waals surface area contributed by atoms with Crippen molar-refractivity contribution >= 4 is 5.69 Å². The molecule has 1 aromatic heterocycles. The standard InChI is InChI=1S/C29H25N3O/c30-27-18-10-11-19-28(27)33-21-26-20-32(22-31-26)29(23-12-4-1-5-13-23,24-14-6-2-7-15-24)25-16-8-3-9-17-25/h1-20,22H,21,30H2. The van der Waals surface area contributed by atoms with Gasteiger partial charge in [-0.05, 0) is 28.8 Å². The molecule has 0 aliphatic heterocycles. The molecule has 0 atom stereocenters. The maximum atomic E-state index is 6.04. The second kappa shape index (κ2) is 9.05. The Kier molecular flexibility index (Phi) is 5.64. The van der Waals surface area contributed by atoms with Gasteiger partial charge >= 0.3 is 0 Å². The van der Waals surface area contributed by atoms with Crippen LogP contribution in [0.2, 0.25) is 0 Å². The summed E-state index contributed by atoms with van der Waals surface area (Å²) in [5.41, 5.74) is 10.4. The van der Waals surface area contributed by atoms with E-state index in [1.165, 1.54) is 0 Å². The van der Waals surface area contributed by atoms with E-state index >= 15 is 0 Å². The van der Waals surface area contributed by atoms with Gasteiger partial charge in [-0.3, -0.25) is 0 Å². The van der Waals surface area contributed by atoms with Crippen molar-refractivity contribution in [2.24, 2.45) is 0 Å². The van der Waals surface area contributed by atoms with Crippen LogP contribution >= 0.6 is 0 Å². The van der Waals surface area contributed by atoms with E-state index in [0.717, 1.165) is 22.4 Å². The van der Waals surface area contributed by atoms with Crippen LogP contribution in [0.15, 0.2) is 128 Å². The van der Waals surface area contributed by atoms with Gasteiger partial charge in [0.15, 0.2) is 0 Å². The van der Waals surface area contributed by atoms with Crippen LogP contribution in [0, 0.1) is 0 Å². The molecular weight excluding hydrogens is 406 g/mol. The lowest BCUT2D eigenvalue weighted by atomic mass is 9.77. The summed E-state index contributed by atoms with van der Waals surface area (Å²) >= 11 is 0. The molecule has 4 aromatic carbocycles. The van der Waals surface area contributed by atoms with Gasteiger partial charge < -0.3 is 15.0 Å². The SMILES string of the molecule is Nc1ccccc1OCc1cn(C(c2ccccc2)(c2ccccc2)c2ccccc2)cn1. The van der Waals surface area contributed by atoms with Crippen LogP contribution in [0.4, 0.5) is 5.69 Å². The highest BCUT2D eigenvalue weighted by molar-refractivity contribution is 5.52. The molecule has 4 heteroatoms. The number of imidazole rings is 1. The molecule has 0 saturated carbocycles. The molecule has 0 unspecified atom stereocenters. The van der Waals surface area contributed by atoms with Gasteiger partial charge in [-0.2, -0.15) is 0 Å². The molecule has 2 N–H and O–H groups in total. The van der Waals surface area contributed by atoms with Crippen molar-refractivity contribution in [3.63, 3.8) is 0 Å². The Morgan fingerprint density at radius 1 is 0.667 bits per heavy atom. The summed E-state index contributed by atoms with van der Waals surface area (Å²) < 4.78 is 8.15. The minimum Gasteiger partial charge on any atom is -0.485 e. The van der Waals surface area contributed by atoms with Crippen molar-refractivity contribution in [3.05, 3.63) is 150 Å². The number of nitrogen functional groups attached to an aromatic ring is 1. The first-order valence-corrected chi connectivity index (χ1v) is 11.0. The van der Waals surface area contributed by atoms with Gasteiger partial charge in [0, 0.05) is 6.20 Å². The van der Waals surface area contributed by atoms with Crippen LogP contribution in [0.5, 0.6) is 5.75 Å². The summed E-state index contributed by atoms with van der Waals surface area (Å²) in [4.78, 5) is 4.70. The Labute approximate surface area is 193 Å². The van der Waals surface area contributed by atoms with Gasteiger partial charge in [0.05, 0.1) is 17.7 Å². The van der Waals surface area contributed by atoms with E-state index in [0.29, 0.717) is 18.0 Å². The Morgan fingerprint density at radius 3 is 1.67 bits per heavy atom. The molecule has 5 aromatic rings. The van der Waals surface area contributed by atoms with Gasteiger partial charge in [0.25, 0.3) is 0 Å². The second-order valence-electron chi connectivity index (χ2n) is 7.91. The third kappa shape index (κ3) is 3.87. The van der Waals surface area contributed by atoms with Crippen molar-refractivity contribution in [3.8, 4) is 5.75 Å². The summed E-state index contributed by atoms with van der Waals surface area (Å²) in [6.45, 7) is 0.329. The lowest BCUT2D eigenvalue weighted by Crippen LogP contribution is -2.36. The quantitative estimate of drug-likeness (QED) is 0.258. The third-order valence-electron chi connectivity index (χ3n) is 5.89. The highest BCUT2D eigenvalue weighted by Crippen LogP contribution is 2.40. The lowest BCUT2D eigenvalue weighted by molar-refractivity contribution is 0.303. The number of nitrogens with zero attached hydrogens (tertiary/aromatic N) is 2. The molecule has 33 heavy (non-hydrogen) atoms. The highest BCUT2D eigenvalue weighted by atomic mass is 16.5. The number of anilines is 1.